The van der Waals surface area contributed by atoms with E-state index < -0.39 is 8.32 Å². The van der Waals surface area contributed by atoms with Gasteiger partial charge in [0.15, 0.2) is 8.32 Å². The number of hydrogen-bond donors (Lipinski definition) is 0. The molecule has 1 aliphatic heterocycles. The average Bonchev–Trinajstić information content (AvgIpc) is 2.92. The molecule has 1 amide bonds. The summed E-state index contributed by atoms with van der Waals surface area (Å²) in [6, 6.07) is 10.2. The Balaban J connectivity index is 1.81. The van der Waals surface area contributed by atoms with Crippen LogP contribution in [0, 0.1) is 0 Å². The third-order valence-corrected chi connectivity index (χ3v) is 9.77. The number of benzene rings is 1. The molecule has 128 valence electrons. The maximum absolute atomic E-state index is 12.4. The predicted octanol–water partition coefficient (Wildman–Crippen LogP) is 4.24. The van der Waals surface area contributed by atoms with Crippen molar-refractivity contribution < 1.29 is 9.22 Å². The van der Waals surface area contributed by atoms with E-state index in [1.165, 1.54) is 5.56 Å². The monoisotopic (exact) mass is 333 g/mol. The van der Waals surface area contributed by atoms with Crippen LogP contribution < -0.4 is 0 Å². The van der Waals surface area contributed by atoms with E-state index in [2.05, 4.69) is 46.0 Å². The molecule has 3 nitrogen and oxygen atoms in total. The highest BCUT2D eigenvalue weighted by Gasteiger charge is 2.40. The highest BCUT2D eigenvalue weighted by atomic mass is 28.4. The number of likely N-dealkylation sites (tertiary alicyclic amines) is 1. The maximum Gasteiger partial charge on any atom is 0.222 e. The van der Waals surface area contributed by atoms with E-state index in [4.69, 9.17) is 4.43 Å². The minimum Gasteiger partial charge on any atom is -0.412 e. The number of amides is 1. The number of carbonyl (C=O) groups excluding carboxylic acids is 1. The molecule has 0 saturated carbocycles. The summed E-state index contributed by atoms with van der Waals surface area (Å²) in [6.45, 7) is 13.0. The summed E-state index contributed by atoms with van der Waals surface area (Å²) in [4.78, 5) is 14.4. The Kier molecular flexibility index (Phi) is 5.68. The molecule has 1 saturated heterocycles. The van der Waals surface area contributed by atoms with Crippen LogP contribution >= 0.6 is 0 Å². The van der Waals surface area contributed by atoms with Gasteiger partial charge in [-0.2, -0.15) is 0 Å². The Morgan fingerprint density at radius 3 is 2.52 bits per heavy atom. The van der Waals surface area contributed by atoms with Crippen LogP contribution in [0.4, 0.5) is 0 Å². The minimum atomic E-state index is -1.74. The van der Waals surface area contributed by atoms with E-state index in [1.807, 2.05) is 23.1 Å². The van der Waals surface area contributed by atoms with Crippen LogP contribution in [0.2, 0.25) is 18.1 Å². The first-order valence-electron chi connectivity index (χ1n) is 8.68. The van der Waals surface area contributed by atoms with E-state index >= 15 is 0 Å². The lowest BCUT2D eigenvalue weighted by Crippen LogP contribution is -2.44. The topological polar surface area (TPSA) is 29.5 Å². The lowest BCUT2D eigenvalue weighted by atomic mass is 10.1. The Morgan fingerprint density at radius 1 is 1.26 bits per heavy atom. The van der Waals surface area contributed by atoms with Crippen molar-refractivity contribution in [2.75, 3.05) is 13.1 Å². The van der Waals surface area contributed by atoms with Gasteiger partial charge in [0.05, 0.1) is 6.10 Å². The van der Waals surface area contributed by atoms with Crippen LogP contribution in [-0.2, 0) is 15.6 Å². The largest absolute Gasteiger partial charge is 0.412 e. The lowest BCUT2D eigenvalue weighted by molar-refractivity contribution is -0.130. The zero-order chi connectivity index (χ0) is 17.1. The fraction of sp³-hybridized carbons (Fsp3) is 0.632. The third-order valence-electron chi connectivity index (χ3n) is 5.24. The number of rotatable bonds is 5. The molecule has 1 heterocycles. The van der Waals surface area contributed by atoms with Gasteiger partial charge in [-0.3, -0.25) is 4.79 Å². The molecule has 0 spiro atoms. The first-order valence-corrected chi connectivity index (χ1v) is 11.6. The van der Waals surface area contributed by atoms with Crippen LogP contribution in [0.3, 0.4) is 0 Å². The van der Waals surface area contributed by atoms with E-state index in [0.717, 1.165) is 25.9 Å². The van der Waals surface area contributed by atoms with E-state index in [-0.39, 0.29) is 17.0 Å². The van der Waals surface area contributed by atoms with Gasteiger partial charge in [-0.05, 0) is 36.5 Å². The quantitative estimate of drug-likeness (QED) is 0.754. The van der Waals surface area contributed by atoms with Crippen molar-refractivity contribution in [3.8, 4) is 0 Å². The molecule has 2 rings (SSSR count). The van der Waals surface area contributed by atoms with Gasteiger partial charge < -0.3 is 9.33 Å². The summed E-state index contributed by atoms with van der Waals surface area (Å²) < 4.78 is 6.45. The SMILES string of the molecule is CC(C)(C)[Si](C)(C)O[C@@H]1CCN(C(=O)CCc2ccccc2)C1. The molecule has 1 aromatic carbocycles. The summed E-state index contributed by atoms with van der Waals surface area (Å²) >= 11 is 0. The molecule has 23 heavy (non-hydrogen) atoms. The Morgan fingerprint density at radius 2 is 1.91 bits per heavy atom. The Bertz CT molecular complexity index is 522. The molecule has 0 aromatic heterocycles. The first-order chi connectivity index (χ1) is 10.7. The molecule has 0 N–H and O–H groups in total. The second kappa shape index (κ2) is 7.18. The molecule has 0 radical (unpaired) electrons. The number of aryl methyl sites for hydroxylation is 1. The molecular weight excluding hydrogens is 302 g/mol. The Labute approximate surface area is 142 Å². The summed E-state index contributed by atoms with van der Waals surface area (Å²) in [5.41, 5.74) is 1.23. The van der Waals surface area contributed by atoms with E-state index in [1.54, 1.807) is 0 Å². The molecule has 1 atom stereocenters. The van der Waals surface area contributed by atoms with Gasteiger partial charge in [0.1, 0.15) is 0 Å². The van der Waals surface area contributed by atoms with Gasteiger partial charge in [-0.25, -0.2) is 0 Å². The van der Waals surface area contributed by atoms with Crippen molar-refractivity contribution in [1.82, 2.24) is 4.90 Å². The van der Waals surface area contributed by atoms with Gasteiger partial charge in [-0.1, -0.05) is 51.1 Å². The number of hydrogen-bond acceptors (Lipinski definition) is 2. The predicted molar refractivity (Wildman–Crippen MR) is 98.0 cm³/mol. The van der Waals surface area contributed by atoms with Gasteiger partial charge in [0, 0.05) is 19.5 Å². The molecule has 4 heteroatoms. The smallest absolute Gasteiger partial charge is 0.222 e. The zero-order valence-corrected chi connectivity index (χ0v) is 16.3. The molecule has 1 aliphatic rings. The highest BCUT2D eigenvalue weighted by molar-refractivity contribution is 6.74. The fourth-order valence-corrected chi connectivity index (χ4v) is 4.08. The van der Waals surface area contributed by atoms with Crippen molar-refractivity contribution in [1.29, 1.82) is 0 Å². The normalized spacial score (nSPS) is 19.2. The molecule has 0 bridgehead atoms. The van der Waals surface area contributed by atoms with Gasteiger partial charge in [-0.15, -0.1) is 0 Å². The minimum absolute atomic E-state index is 0.219. The van der Waals surface area contributed by atoms with Crippen molar-refractivity contribution >= 4 is 14.2 Å². The van der Waals surface area contributed by atoms with Crippen LogP contribution in [-0.4, -0.2) is 38.3 Å². The van der Waals surface area contributed by atoms with Crippen molar-refractivity contribution in [2.24, 2.45) is 0 Å². The molecule has 1 aromatic rings. The second-order valence-electron chi connectivity index (χ2n) is 8.11. The van der Waals surface area contributed by atoms with E-state index in [9.17, 15) is 4.79 Å². The van der Waals surface area contributed by atoms with Gasteiger partial charge in [0.2, 0.25) is 5.91 Å². The van der Waals surface area contributed by atoms with Crippen molar-refractivity contribution in [3.63, 3.8) is 0 Å². The third kappa shape index (κ3) is 4.92. The summed E-state index contributed by atoms with van der Waals surface area (Å²) in [5.74, 6) is 0.259. The van der Waals surface area contributed by atoms with Gasteiger partial charge >= 0.3 is 0 Å². The van der Waals surface area contributed by atoms with Crippen LogP contribution in [0.25, 0.3) is 0 Å². The molecule has 0 aliphatic carbocycles. The van der Waals surface area contributed by atoms with Crippen molar-refractivity contribution in [3.05, 3.63) is 35.9 Å². The summed E-state index contributed by atoms with van der Waals surface area (Å²) in [5, 5.41) is 0.220. The van der Waals surface area contributed by atoms with Crippen LogP contribution in [0.15, 0.2) is 30.3 Å². The molecule has 1 fully saturated rings. The van der Waals surface area contributed by atoms with Gasteiger partial charge in [0.25, 0.3) is 0 Å². The number of carbonyl (C=O) groups is 1. The average molecular weight is 334 g/mol. The van der Waals surface area contributed by atoms with Crippen LogP contribution in [0.5, 0.6) is 0 Å². The summed E-state index contributed by atoms with van der Waals surface area (Å²) in [7, 11) is -1.74. The lowest BCUT2D eigenvalue weighted by Gasteiger charge is -2.38. The summed E-state index contributed by atoms with van der Waals surface area (Å²) in [6.07, 6.45) is 2.61. The highest BCUT2D eigenvalue weighted by Crippen LogP contribution is 2.38. The standard InChI is InChI=1S/C19H31NO2Si/c1-19(2,3)23(4,5)22-17-13-14-20(15-17)18(21)12-11-16-9-7-6-8-10-16/h6-10,17H,11-15H2,1-5H3/t17-/m1/s1. The fourth-order valence-electron chi connectivity index (χ4n) is 2.70. The zero-order valence-electron chi connectivity index (χ0n) is 15.3. The second-order valence-corrected chi connectivity index (χ2v) is 12.9. The number of nitrogens with zero attached hydrogens (tertiary/aromatic N) is 1. The van der Waals surface area contributed by atoms with Crippen LogP contribution in [0.1, 0.15) is 39.2 Å². The first kappa shape index (κ1) is 18.2. The van der Waals surface area contributed by atoms with Crippen molar-refractivity contribution in [2.45, 2.75) is 64.3 Å². The van der Waals surface area contributed by atoms with E-state index in [0.29, 0.717) is 6.42 Å². The maximum atomic E-state index is 12.4. The molecular formula is C19H31NO2Si. The Hall–Kier alpha value is -1.13. The molecule has 0 unspecified atom stereocenters.